The maximum Gasteiger partial charge on any atom is 0.222 e. The van der Waals surface area contributed by atoms with E-state index in [1.165, 1.54) is 6.42 Å². The standard InChI is InChI=1S/C12H23NO3/c1-10(2)15-8-6-13-12(14)9-11-5-3-4-7-16-11/h10-11H,3-9H2,1-2H3,(H,13,14). The van der Waals surface area contributed by atoms with Crippen molar-refractivity contribution in [1.29, 1.82) is 0 Å². The zero-order chi connectivity index (χ0) is 11.8. The Hall–Kier alpha value is -0.610. The van der Waals surface area contributed by atoms with Crippen molar-refractivity contribution in [3.63, 3.8) is 0 Å². The Bertz CT molecular complexity index is 200. The fraction of sp³-hybridized carbons (Fsp3) is 0.917. The van der Waals surface area contributed by atoms with Crippen LogP contribution in [-0.4, -0.2) is 37.9 Å². The molecule has 1 aliphatic rings. The van der Waals surface area contributed by atoms with Gasteiger partial charge in [0.1, 0.15) is 0 Å². The highest BCUT2D eigenvalue weighted by molar-refractivity contribution is 5.76. The van der Waals surface area contributed by atoms with Crippen molar-refractivity contribution in [2.45, 2.75) is 51.7 Å². The van der Waals surface area contributed by atoms with E-state index in [1.54, 1.807) is 0 Å². The Morgan fingerprint density at radius 3 is 2.94 bits per heavy atom. The molecule has 1 saturated heterocycles. The van der Waals surface area contributed by atoms with E-state index < -0.39 is 0 Å². The van der Waals surface area contributed by atoms with Gasteiger partial charge in [0, 0.05) is 13.2 Å². The fourth-order valence-electron chi connectivity index (χ4n) is 1.73. The SMILES string of the molecule is CC(C)OCCNC(=O)CC1CCCCO1. The van der Waals surface area contributed by atoms with Gasteiger partial charge in [0.05, 0.1) is 25.2 Å². The number of rotatable bonds is 6. The van der Waals surface area contributed by atoms with E-state index in [2.05, 4.69) is 5.32 Å². The number of carbonyl (C=O) groups excluding carboxylic acids is 1. The number of carbonyl (C=O) groups is 1. The molecule has 4 heteroatoms. The highest BCUT2D eigenvalue weighted by Crippen LogP contribution is 2.15. The van der Waals surface area contributed by atoms with Crippen LogP contribution in [0.3, 0.4) is 0 Å². The van der Waals surface area contributed by atoms with Gasteiger partial charge >= 0.3 is 0 Å². The third-order valence-electron chi connectivity index (χ3n) is 2.56. The molecule has 0 radical (unpaired) electrons. The Kier molecular flexibility index (Phi) is 6.42. The lowest BCUT2D eigenvalue weighted by Gasteiger charge is -2.21. The van der Waals surface area contributed by atoms with Gasteiger partial charge in [-0.15, -0.1) is 0 Å². The Morgan fingerprint density at radius 2 is 2.31 bits per heavy atom. The molecule has 0 bridgehead atoms. The maximum atomic E-state index is 11.5. The van der Waals surface area contributed by atoms with E-state index in [0.29, 0.717) is 19.6 Å². The fourth-order valence-corrected chi connectivity index (χ4v) is 1.73. The molecule has 1 atom stereocenters. The smallest absolute Gasteiger partial charge is 0.222 e. The maximum absolute atomic E-state index is 11.5. The van der Waals surface area contributed by atoms with Crippen LogP contribution in [0.1, 0.15) is 39.5 Å². The molecule has 1 fully saturated rings. The lowest BCUT2D eigenvalue weighted by molar-refractivity contribution is -0.125. The van der Waals surface area contributed by atoms with Crippen LogP contribution in [0.25, 0.3) is 0 Å². The summed E-state index contributed by atoms with van der Waals surface area (Å²) in [6.07, 6.45) is 4.14. The average Bonchev–Trinajstić information content (AvgIpc) is 2.25. The van der Waals surface area contributed by atoms with Crippen molar-refractivity contribution in [3.8, 4) is 0 Å². The molecule has 0 aromatic carbocycles. The third kappa shape index (κ3) is 6.08. The van der Waals surface area contributed by atoms with Crippen molar-refractivity contribution in [3.05, 3.63) is 0 Å². The molecule has 1 unspecified atom stereocenters. The lowest BCUT2D eigenvalue weighted by Crippen LogP contribution is -2.32. The molecular formula is C12H23NO3. The van der Waals surface area contributed by atoms with Crippen molar-refractivity contribution in [1.82, 2.24) is 5.32 Å². The Morgan fingerprint density at radius 1 is 1.50 bits per heavy atom. The molecular weight excluding hydrogens is 206 g/mol. The Labute approximate surface area is 97.7 Å². The second kappa shape index (κ2) is 7.63. The minimum Gasteiger partial charge on any atom is -0.378 e. The van der Waals surface area contributed by atoms with Crippen LogP contribution in [0, 0.1) is 0 Å². The summed E-state index contributed by atoms with van der Waals surface area (Å²) >= 11 is 0. The van der Waals surface area contributed by atoms with Crippen LogP contribution < -0.4 is 5.32 Å². The second-order valence-electron chi connectivity index (χ2n) is 4.46. The van der Waals surface area contributed by atoms with Crippen LogP contribution in [0.2, 0.25) is 0 Å². The summed E-state index contributed by atoms with van der Waals surface area (Å²) in [5, 5.41) is 2.84. The molecule has 16 heavy (non-hydrogen) atoms. The normalized spacial score (nSPS) is 21.1. The van der Waals surface area contributed by atoms with Crippen LogP contribution in [0.5, 0.6) is 0 Å². The topological polar surface area (TPSA) is 47.6 Å². The number of amides is 1. The van der Waals surface area contributed by atoms with E-state index >= 15 is 0 Å². The molecule has 0 aromatic rings. The predicted octanol–water partition coefficient (Wildman–Crippen LogP) is 1.49. The van der Waals surface area contributed by atoms with Crippen LogP contribution in [-0.2, 0) is 14.3 Å². The van der Waals surface area contributed by atoms with Gasteiger partial charge in [-0.1, -0.05) is 0 Å². The summed E-state index contributed by atoms with van der Waals surface area (Å²) in [6.45, 7) is 5.93. The molecule has 94 valence electrons. The van der Waals surface area contributed by atoms with E-state index in [4.69, 9.17) is 9.47 Å². The first kappa shape index (κ1) is 13.5. The first-order valence-electron chi connectivity index (χ1n) is 6.18. The van der Waals surface area contributed by atoms with E-state index in [-0.39, 0.29) is 18.1 Å². The number of ether oxygens (including phenoxy) is 2. The van der Waals surface area contributed by atoms with Gasteiger partial charge in [-0.05, 0) is 33.1 Å². The Balaban J connectivity index is 2.01. The van der Waals surface area contributed by atoms with Gasteiger partial charge in [0.25, 0.3) is 0 Å². The number of nitrogens with one attached hydrogen (secondary N) is 1. The average molecular weight is 229 g/mol. The highest BCUT2D eigenvalue weighted by atomic mass is 16.5. The zero-order valence-electron chi connectivity index (χ0n) is 10.3. The molecule has 1 rings (SSSR count). The van der Waals surface area contributed by atoms with Crippen LogP contribution in [0.15, 0.2) is 0 Å². The summed E-state index contributed by atoms with van der Waals surface area (Å²) in [5.74, 6) is 0.0688. The first-order chi connectivity index (χ1) is 7.68. The molecule has 0 aliphatic carbocycles. The molecule has 1 amide bonds. The van der Waals surface area contributed by atoms with Gasteiger partial charge in [-0.2, -0.15) is 0 Å². The predicted molar refractivity (Wildman–Crippen MR) is 62.3 cm³/mol. The van der Waals surface area contributed by atoms with Gasteiger partial charge < -0.3 is 14.8 Å². The van der Waals surface area contributed by atoms with Crippen molar-refractivity contribution in [2.75, 3.05) is 19.8 Å². The van der Waals surface area contributed by atoms with E-state index in [0.717, 1.165) is 19.4 Å². The quantitative estimate of drug-likeness (QED) is 0.702. The summed E-state index contributed by atoms with van der Waals surface area (Å²) in [4.78, 5) is 11.5. The van der Waals surface area contributed by atoms with Crippen LogP contribution in [0.4, 0.5) is 0 Å². The van der Waals surface area contributed by atoms with Gasteiger partial charge in [0.15, 0.2) is 0 Å². The summed E-state index contributed by atoms with van der Waals surface area (Å²) in [6, 6.07) is 0. The second-order valence-corrected chi connectivity index (χ2v) is 4.46. The zero-order valence-corrected chi connectivity index (χ0v) is 10.3. The summed E-state index contributed by atoms with van der Waals surface area (Å²) in [7, 11) is 0. The van der Waals surface area contributed by atoms with E-state index in [9.17, 15) is 4.79 Å². The molecule has 1 heterocycles. The minimum absolute atomic E-state index is 0.0688. The van der Waals surface area contributed by atoms with Crippen molar-refractivity contribution < 1.29 is 14.3 Å². The summed E-state index contributed by atoms with van der Waals surface area (Å²) in [5.41, 5.74) is 0. The largest absolute Gasteiger partial charge is 0.378 e. The molecule has 4 nitrogen and oxygen atoms in total. The van der Waals surface area contributed by atoms with Crippen LogP contribution >= 0.6 is 0 Å². The molecule has 1 N–H and O–H groups in total. The summed E-state index contributed by atoms with van der Waals surface area (Å²) < 4.78 is 10.8. The van der Waals surface area contributed by atoms with Gasteiger partial charge in [-0.25, -0.2) is 0 Å². The monoisotopic (exact) mass is 229 g/mol. The van der Waals surface area contributed by atoms with Gasteiger partial charge in [-0.3, -0.25) is 4.79 Å². The highest BCUT2D eigenvalue weighted by Gasteiger charge is 2.17. The third-order valence-corrected chi connectivity index (χ3v) is 2.56. The molecule has 0 saturated carbocycles. The van der Waals surface area contributed by atoms with Gasteiger partial charge in [0.2, 0.25) is 5.91 Å². The molecule has 0 aromatic heterocycles. The minimum atomic E-state index is 0.0688. The van der Waals surface area contributed by atoms with E-state index in [1.807, 2.05) is 13.8 Å². The molecule has 1 aliphatic heterocycles. The molecule has 0 spiro atoms. The number of hydrogen-bond donors (Lipinski definition) is 1. The number of hydrogen-bond acceptors (Lipinski definition) is 3. The first-order valence-corrected chi connectivity index (χ1v) is 6.18. The van der Waals surface area contributed by atoms with Crippen molar-refractivity contribution in [2.24, 2.45) is 0 Å². The van der Waals surface area contributed by atoms with Crippen molar-refractivity contribution >= 4 is 5.91 Å². The lowest BCUT2D eigenvalue weighted by atomic mass is 10.1.